The zero-order valence-electron chi connectivity index (χ0n) is 11.9. The van der Waals surface area contributed by atoms with Gasteiger partial charge in [-0.2, -0.15) is 11.8 Å². The molecule has 1 amide bonds. The summed E-state index contributed by atoms with van der Waals surface area (Å²) in [7, 11) is 1.57. The normalized spacial score (nSPS) is 15.2. The molecule has 2 rings (SSSR count). The number of carbonyl (C=O) groups excluding carboxylic acids is 1. The molecule has 0 spiro atoms. The van der Waals surface area contributed by atoms with E-state index >= 15 is 0 Å². The molecule has 0 aromatic heterocycles. The average Bonchev–Trinajstić information content (AvgIpc) is 2.94. The van der Waals surface area contributed by atoms with Gasteiger partial charge in [-0.05, 0) is 36.6 Å². The van der Waals surface area contributed by atoms with Gasteiger partial charge in [0.2, 0.25) is 5.91 Å². The summed E-state index contributed by atoms with van der Waals surface area (Å²) in [6.45, 7) is 0. The van der Waals surface area contributed by atoms with E-state index in [4.69, 9.17) is 10.5 Å². The molecular weight excluding hydrogens is 272 g/mol. The standard InChI is InChI=1S/C15H22N2O2S/c1-19-14-8-12(16)6-7-13(14)17-15(18)10-20-9-11-4-2-3-5-11/h6-8,11H,2-5,9-10,16H2,1H3,(H,17,18). The van der Waals surface area contributed by atoms with Crippen molar-refractivity contribution >= 4 is 29.0 Å². The highest BCUT2D eigenvalue weighted by atomic mass is 32.2. The Morgan fingerprint density at radius 2 is 2.20 bits per heavy atom. The highest BCUT2D eigenvalue weighted by Gasteiger charge is 2.15. The lowest BCUT2D eigenvalue weighted by atomic mass is 10.1. The monoisotopic (exact) mass is 294 g/mol. The van der Waals surface area contributed by atoms with Gasteiger partial charge in [-0.1, -0.05) is 12.8 Å². The fourth-order valence-electron chi connectivity index (χ4n) is 2.49. The van der Waals surface area contributed by atoms with Crippen LogP contribution in [-0.2, 0) is 4.79 Å². The highest BCUT2D eigenvalue weighted by molar-refractivity contribution is 7.99. The second kappa shape index (κ2) is 7.43. The summed E-state index contributed by atoms with van der Waals surface area (Å²) in [4.78, 5) is 11.9. The van der Waals surface area contributed by atoms with Crippen LogP contribution in [-0.4, -0.2) is 24.5 Å². The summed E-state index contributed by atoms with van der Waals surface area (Å²) in [6, 6.07) is 5.23. The van der Waals surface area contributed by atoms with Crippen LogP contribution in [0.2, 0.25) is 0 Å². The van der Waals surface area contributed by atoms with Gasteiger partial charge in [0.1, 0.15) is 5.75 Å². The van der Waals surface area contributed by atoms with E-state index in [9.17, 15) is 4.79 Å². The second-order valence-electron chi connectivity index (χ2n) is 5.17. The summed E-state index contributed by atoms with van der Waals surface area (Å²) >= 11 is 1.72. The van der Waals surface area contributed by atoms with Gasteiger partial charge in [0.05, 0.1) is 18.6 Å². The van der Waals surface area contributed by atoms with Crippen molar-refractivity contribution in [3.05, 3.63) is 18.2 Å². The van der Waals surface area contributed by atoms with Crippen molar-refractivity contribution in [1.82, 2.24) is 0 Å². The van der Waals surface area contributed by atoms with Gasteiger partial charge in [-0.25, -0.2) is 0 Å². The molecule has 0 bridgehead atoms. The van der Waals surface area contributed by atoms with Crippen LogP contribution in [0.1, 0.15) is 25.7 Å². The third-order valence-corrected chi connectivity index (χ3v) is 4.73. The Kier molecular flexibility index (Phi) is 5.59. The number of rotatable bonds is 6. The van der Waals surface area contributed by atoms with Crippen molar-refractivity contribution in [2.24, 2.45) is 5.92 Å². The Morgan fingerprint density at radius 3 is 2.90 bits per heavy atom. The van der Waals surface area contributed by atoms with E-state index in [2.05, 4.69) is 5.32 Å². The molecule has 0 heterocycles. The van der Waals surface area contributed by atoms with Crippen LogP contribution < -0.4 is 15.8 Å². The topological polar surface area (TPSA) is 64.3 Å². The van der Waals surface area contributed by atoms with Gasteiger partial charge >= 0.3 is 0 Å². The Bertz CT molecular complexity index is 459. The minimum Gasteiger partial charge on any atom is -0.494 e. The van der Waals surface area contributed by atoms with Crippen molar-refractivity contribution in [3.8, 4) is 5.75 Å². The van der Waals surface area contributed by atoms with Gasteiger partial charge < -0.3 is 15.8 Å². The van der Waals surface area contributed by atoms with Crippen LogP contribution in [0.15, 0.2) is 18.2 Å². The number of methoxy groups -OCH3 is 1. The lowest BCUT2D eigenvalue weighted by Crippen LogP contribution is -2.15. The van der Waals surface area contributed by atoms with Crippen LogP contribution in [0.25, 0.3) is 0 Å². The minimum atomic E-state index is 0.0102. The summed E-state index contributed by atoms with van der Waals surface area (Å²) in [5.41, 5.74) is 6.98. The summed E-state index contributed by atoms with van der Waals surface area (Å²) in [6.07, 6.45) is 5.33. The number of ether oxygens (including phenoxy) is 1. The molecule has 4 nitrogen and oxygen atoms in total. The first kappa shape index (κ1) is 15.0. The third kappa shape index (κ3) is 4.34. The molecule has 1 aromatic carbocycles. The zero-order valence-corrected chi connectivity index (χ0v) is 12.7. The number of nitrogen functional groups attached to an aromatic ring is 1. The molecular formula is C15H22N2O2S. The molecule has 0 unspecified atom stereocenters. The van der Waals surface area contributed by atoms with E-state index in [1.54, 1.807) is 37.1 Å². The molecule has 5 heteroatoms. The largest absolute Gasteiger partial charge is 0.494 e. The van der Waals surface area contributed by atoms with E-state index in [0.29, 0.717) is 22.9 Å². The van der Waals surface area contributed by atoms with Gasteiger partial charge in [-0.15, -0.1) is 0 Å². The van der Waals surface area contributed by atoms with E-state index in [0.717, 1.165) is 11.7 Å². The zero-order chi connectivity index (χ0) is 14.4. The molecule has 0 atom stereocenters. The molecule has 3 N–H and O–H groups in total. The number of amides is 1. The minimum absolute atomic E-state index is 0.0102. The van der Waals surface area contributed by atoms with E-state index < -0.39 is 0 Å². The Balaban J connectivity index is 1.78. The van der Waals surface area contributed by atoms with E-state index in [1.165, 1.54) is 25.7 Å². The van der Waals surface area contributed by atoms with Crippen LogP contribution in [0, 0.1) is 5.92 Å². The lowest BCUT2D eigenvalue weighted by Gasteiger charge is -2.11. The fourth-order valence-corrected chi connectivity index (χ4v) is 3.53. The SMILES string of the molecule is COc1cc(N)ccc1NC(=O)CSCC1CCCC1. The van der Waals surface area contributed by atoms with Crippen LogP contribution in [0.3, 0.4) is 0 Å². The molecule has 0 radical (unpaired) electrons. The number of hydrogen-bond acceptors (Lipinski definition) is 4. The molecule has 0 saturated heterocycles. The number of benzene rings is 1. The number of anilines is 2. The number of nitrogens with one attached hydrogen (secondary N) is 1. The Morgan fingerprint density at radius 1 is 1.45 bits per heavy atom. The average molecular weight is 294 g/mol. The molecule has 110 valence electrons. The first-order chi connectivity index (χ1) is 9.69. The van der Waals surface area contributed by atoms with Gasteiger partial charge in [-0.3, -0.25) is 4.79 Å². The maximum absolute atomic E-state index is 11.9. The molecule has 1 fully saturated rings. The maximum atomic E-state index is 11.9. The smallest absolute Gasteiger partial charge is 0.234 e. The van der Waals surface area contributed by atoms with Crippen molar-refractivity contribution in [2.45, 2.75) is 25.7 Å². The van der Waals surface area contributed by atoms with Gasteiger partial charge in [0, 0.05) is 11.8 Å². The second-order valence-corrected chi connectivity index (χ2v) is 6.20. The molecule has 0 aliphatic heterocycles. The van der Waals surface area contributed by atoms with E-state index in [1.807, 2.05) is 0 Å². The number of thioether (sulfide) groups is 1. The molecule has 1 aliphatic carbocycles. The predicted molar refractivity (Wildman–Crippen MR) is 85.3 cm³/mol. The lowest BCUT2D eigenvalue weighted by molar-refractivity contribution is -0.113. The van der Waals surface area contributed by atoms with Crippen molar-refractivity contribution in [1.29, 1.82) is 0 Å². The van der Waals surface area contributed by atoms with Crippen LogP contribution in [0.5, 0.6) is 5.75 Å². The van der Waals surface area contributed by atoms with E-state index in [-0.39, 0.29) is 5.91 Å². The highest BCUT2D eigenvalue weighted by Crippen LogP contribution is 2.29. The fraction of sp³-hybridized carbons (Fsp3) is 0.533. The van der Waals surface area contributed by atoms with Crippen molar-refractivity contribution in [2.75, 3.05) is 29.7 Å². The summed E-state index contributed by atoms with van der Waals surface area (Å²) in [5, 5.41) is 2.87. The van der Waals surface area contributed by atoms with Gasteiger partial charge in [0.15, 0.2) is 0 Å². The Hall–Kier alpha value is -1.36. The number of hydrogen-bond donors (Lipinski definition) is 2. The first-order valence-corrected chi connectivity index (χ1v) is 8.15. The number of nitrogens with two attached hydrogens (primary N) is 1. The number of carbonyl (C=O) groups is 1. The van der Waals surface area contributed by atoms with Crippen LogP contribution in [0.4, 0.5) is 11.4 Å². The third-order valence-electron chi connectivity index (χ3n) is 3.56. The maximum Gasteiger partial charge on any atom is 0.234 e. The summed E-state index contributed by atoms with van der Waals surface area (Å²) < 4.78 is 5.21. The Labute approximate surface area is 124 Å². The molecule has 1 aliphatic rings. The quantitative estimate of drug-likeness (QED) is 0.791. The molecule has 1 saturated carbocycles. The van der Waals surface area contributed by atoms with Crippen LogP contribution >= 0.6 is 11.8 Å². The van der Waals surface area contributed by atoms with Crippen molar-refractivity contribution < 1.29 is 9.53 Å². The summed E-state index contributed by atoms with van der Waals surface area (Å²) in [5.74, 6) is 2.99. The first-order valence-electron chi connectivity index (χ1n) is 7.00. The molecule has 1 aromatic rings. The van der Waals surface area contributed by atoms with Gasteiger partial charge in [0.25, 0.3) is 0 Å². The van der Waals surface area contributed by atoms with Crippen molar-refractivity contribution in [3.63, 3.8) is 0 Å². The predicted octanol–water partition coefficient (Wildman–Crippen LogP) is 3.14. The molecule has 20 heavy (non-hydrogen) atoms.